The Balaban J connectivity index is 1.48. The standard InChI is InChI=1S/C20H20N6O4/c1-30-19(29)13-4-6-14(7-5-13)23-16(27)11-26-12-22-17-15(18(26)28)10-21-20(24-17)25-8-2-3-9-25/h4-7,10,12H,2-3,8-9,11H2,1H3,(H,23,27). The Labute approximate surface area is 171 Å². The lowest BCUT2D eigenvalue weighted by molar-refractivity contribution is -0.116. The molecule has 0 spiro atoms. The van der Waals surface area contributed by atoms with E-state index in [4.69, 9.17) is 0 Å². The van der Waals surface area contributed by atoms with Crippen LogP contribution in [0.2, 0.25) is 0 Å². The van der Waals surface area contributed by atoms with Gasteiger partial charge in [0.05, 0.1) is 12.7 Å². The van der Waals surface area contributed by atoms with E-state index in [-0.39, 0.29) is 17.5 Å². The highest BCUT2D eigenvalue weighted by Gasteiger charge is 2.17. The number of carbonyl (C=O) groups is 2. The first kappa shape index (κ1) is 19.5. The summed E-state index contributed by atoms with van der Waals surface area (Å²) >= 11 is 0. The van der Waals surface area contributed by atoms with Crippen molar-refractivity contribution >= 4 is 34.5 Å². The van der Waals surface area contributed by atoms with Gasteiger partial charge in [0.2, 0.25) is 11.9 Å². The molecular weight excluding hydrogens is 388 g/mol. The van der Waals surface area contributed by atoms with Crippen molar-refractivity contribution in [2.75, 3.05) is 30.4 Å². The number of carbonyl (C=O) groups excluding carboxylic acids is 2. The average Bonchev–Trinajstić information content (AvgIpc) is 3.30. The number of hydrogen-bond acceptors (Lipinski definition) is 8. The number of fused-ring (bicyclic) bond motifs is 1. The van der Waals surface area contributed by atoms with Crippen LogP contribution in [0.5, 0.6) is 0 Å². The van der Waals surface area contributed by atoms with Crippen molar-refractivity contribution < 1.29 is 14.3 Å². The molecule has 0 saturated carbocycles. The van der Waals surface area contributed by atoms with E-state index in [0.717, 1.165) is 25.9 Å². The number of nitrogens with one attached hydrogen (secondary N) is 1. The molecule has 0 aliphatic carbocycles. The van der Waals surface area contributed by atoms with Crippen LogP contribution >= 0.6 is 0 Å². The number of nitrogens with zero attached hydrogens (tertiary/aromatic N) is 5. The zero-order valence-corrected chi connectivity index (χ0v) is 16.4. The minimum absolute atomic E-state index is 0.214. The van der Waals surface area contributed by atoms with Gasteiger partial charge >= 0.3 is 5.97 Å². The summed E-state index contributed by atoms with van der Waals surface area (Å²) in [7, 11) is 1.30. The summed E-state index contributed by atoms with van der Waals surface area (Å²) in [6.45, 7) is 1.57. The Morgan fingerprint density at radius 1 is 1.13 bits per heavy atom. The summed E-state index contributed by atoms with van der Waals surface area (Å²) in [6.07, 6.45) is 4.96. The second kappa shape index (κ2) is 8.27. The van der Waals surface area contributed by atoms with E-state index in [1.165, 1.54) is 24.2 Å². The Kier molecular flexibility index (Phi) is 5.38. The van der Waals surface area contributed by atoms with E-state index in [2.05, 4.69) is 29.9 Å². The minimum Gasteiger partial charge on any atom is -0.465 e. The topological polar surface area (TPSA) is 119 Å². The van der Waals surface area contributed by atoms with Crippen LogP contribution in [0.3, 0.4) is 0 Å². The van der Waals surface area contributed by atoms with Crippen molar-refractivity contribution in [2.45, 2.75) is 19.4 Å². The van der Waals surface area contributed by atoms with Crippen LogP contribution in [0.4, 0.5) is 11.6 Å². The minimum atomic E-state index is -0.461. The normalized spacial score (nSPS) is 13.4. The fourth-order valence-corrected chi connectivity index (χ4v) is 3.29. The van der Waals surface area contributed by atoms with Gasteiger partial charge in [-0.05, 0) is 37.1 Å². The third-order valence-electron chi connectivity index (χ3n) is 4.86. The molecule has 30 heavy (non-hydrogen) atoms. The van der Waals surface area contributed by atoms with Gasteiger partial charge in [0.15, 0.2) is 5.65 Å². The van der Waals surface area contributed by atoms with Crippen LogP contribution in [0.1, 0.15) is 23.2 Å². The Bertz CT molecular complexity index is 1150. The molecule has 3 aromatic rings. The number of ether oxygens (including phenoxy) is 1. The average molecular weight is 408 g/mol. The summed E-state index contributed by atoms with van der Waals surface area (Å²) in [6, 6.07) is 6.25. The molecule has 1 saturated heterocycles. The van der Waals surface area contributed by atoms with Gasteiger partial charge in [-0.25, -0.2) is 14.8 Å². The van der Waals surface area contributed by atoms with Crippen molar-refractivity contribution in [3.05, 3.63) is 52.7 Å². The molecule has 1 N–H and O–H groups in total. The molecule has 0 unspecified atom stereocenters. The molecule has 0 radical (unpaired) electrons. The fourth-order valence-electron chi connectivity index (χ4n) is 3.29. The Hall–Kier alpha value is -3.82. The molecule has 154 valence electrons. The molecule has 1 amide bonds. The van der Waals surface area contributed by atoms with E-state index in [9.17, 15) is 14.4 Å². The van der Waals surface area contributed by atoms with Gasteiger partial charge in [-0.1, -0.05) is 0 Å². The molecule has 2 aromatic heterocycles. The van der Waals surface area contributed by atoms with Gasteiger partial charge in [0, 0.05) is 25.0 Å². The van der Waals surface area contributed by atoms with Crippen LogP contribution in [-0.2, 0) is 16.1 Å². The van der Waals surface area contributed by atoms with E-state index in [0.29, 0.717) is 22.8 Å². The highest BCUT2D eigenvalue weighted by atomic mass is 16.5. The van der Waals surface area contributed by atoms with Crippen molar-refractivity contribution in [3.8, 4) is 0 Å². The van der Waals surface area contributed by atoms with Crippen molar-refractivity contribution in [2.24, 2.45) is 0 Å². The largest absolute Gasteiger partial charge is 0.465 e. The summed E-state index contributed by atoms with van der Waals surface area (Å²) in [5.74, 6) is -0.298. The molecule has 4 rings (SSSR count). The first-order valence-corrected chi connectivity index (χ1v) is 9.50. The molecule has 1 fully saturated rings. The smallest absolute Gasteiger partial charge is 0.337 e. The lowest BCUT2D eigenvalue weighted by atomic mass is 10.2. The molecule has 0 atom stereocenters. The highest BCUT2D eigenvalue weighted by Crippen LogP contribution is 2.16. The molecular formula is C20H20N6O4. The number of amides is 1. The number of rotatable bonds is 5. The van der Waals surface area contributed by atoms with Crippen LogP contribution in [0.25, 0.3) is 11.0 Å². The third kappa shape index (κ3) is 3.97. The van der Waals surface area contributed by atoms with Gasteiger partial charge in [-0.2, -0.15) is 4.98 Å². The Morgan fingerprint density at radius 2 is 1.87 bits per heavy atom. The number of methoxy groups -OCH3 is 1. The zero-order valence-electron chi connectivity index (χ0n) is 16.4. The highest BCUT2D eigenvalue weighted by molar-refractivity contribution is 5.93. The lowest BCUT2D eigenvalue weighted by Gasteiger charge is -2.14. The summed E-state index contributed by atoms with van der Waals surface area (Å²) in [4.78, 5) is 51.5. The van der Waals surface area contributed by atoms with E-state index < -0.39 is 11.9 Å². The fraction of sp³-hybridized carbons (Fsp3) is 0.300. The van der Waals surface area contributed by atoms with Gasteiger partial charge < -0.3 is 15.0 Å². The number of esters is 1. The first-order chi connectivity index (χ1) is 14.5. The maximum Gasteiger partial charge on any atom is 0.337 e. The van der Waals surface area contributed by atoms with Gasteiger partial charge in [0.25, 0.3) is 5.56 Å². The van der Waals surface area contributed by atoms with Crippen LogP contribution in [0, 0.1) is 0 Å². The molecule has 3 heterocycles. The first-order valence-electron chi connectivity index (χ1n) is 9.50. The molecule has 1 aliphatic heterocycles. The molecule has 10 heteroatoms. The summed E-state index contributed by atoms with van der Waals surface area (Å²) in [5.41, 5.74) is 0.794. The lowest BCUT2D eigenvalue weighted by Crippen LogP contribution is -2.28. The van der Waals surface area contributed by atoms with Crippen molar-refractivity contribution in [3.63, 3.8) is 0 Å². The van der Waals surface area contributed by atoms with Crippen molar-refractivity contribution in [1.82, 2.24) is 19.5 Å². The molecule has 0 bridgehead atoms. The number of hydrogen-bond donors (Lipinski definition) is 1. The monoisotopic (exact) mass is 408 g/mol. The zero-order chi connectivity index (χ0) is 21.1. The summed E-state index contributed by atoms with van der Waals surface area (Å²) < 4.78 is 5.84. The molecule has 10 nitrogen and oxygen atoms in total. The van der Waals surface area contributed by atoms with Gasteiger partial charge in [0.1, 0.15) is 18.3 Å². The van der Waals surface area contributed by atoms with E-state index in [1.54, 1.807) is 24.3 Å². The predicted octanol–water partition coefficient (Wildman–Crippen LogP) is 1.21. The second-order valence-electron chi connectivity index (χ2n) is 6.90. The van der Waals surface area contributed by atoms with E-state index in [1.807, 2.05) is 0 Å². The maximum atomic E-state index is 12.7. The van der Waals surface area contributed by atoms with Crippen LogP contribution in [0.15, 0.2) is 41.6 Å². The van der Waals surface area contributed by atoms with Gasteiger partial charge in [-0.3, -0.25) is 14.2 Å². The second-order valence-corrected chi connectivity index (χ2v) is 6.90. The van der Waals surface area contributed by atoms with Crippen LogP contribution in [-0.4, -0.2) is 51.6 Å². The van der Waals surface area contributed by atoms with Crippen LogP contribution < -0.4 is 15.8 Å². The van der Waals surface area contributed by atoms with Crippen molar-refractivity contribution in [1.29, 1.82) is 0 Å². The number of anilines is 2. The number of benzene rings is 1. The number of aromatic nitrogens is 4. The predicted molar refractivity (Wildman–Crippen MR) is 109 cm³/mol. The van der Waals surface area contributed by atoms with Gasteiger partial charge in [-0.15, -0.1) is 0 Å². The van der Waals surface area contributed by atoms with E-state index >= 15 is 0 Å². The maximum absolute atomic E-state index is 12.7. The third-order valence-corrected chi connectivity index (χ3v) is 4.86. The molecule has 1 aliphatic rings. The summed E-state index contributed by atoms with van der Waals surface area (Å²) in [5, 5.41) is 2.94. The SMILES string of the molecule is COC(=O)c1ccc(NC(=O)Cn2cnc3nc(N4CCCC4)ncc3c2=O)cc1. The quantitative estimate of drug-likeness (QED) is 0.626. The molecule has 1 aromatic carbocycles. The Morgan fingerprint density at radius 3 is 2.57 bits per heavy atom.